The van der Waals surface area contributed by atoms with E-state index in [0.29, 0.717) is 34.0 Å². The normalized spacial score (nSPS) is 18.2. The van der Waals surface area contributed by atoms with Gasteiger partial charge in [0, 0.05) is 31.3 Å². The monoisotopic (exact) mass is 419 g/mol. The number of hydrogen-bond donors (Lipinski definition) is 0. The summed E-state index contributed by atoms with van der Waals surface area (Å²) in [5.74, 6) is 1.57. The minimum absolute atomic E-state index is 0.0812. The molecule has 0 unspecified atom stereocenters. The highest BCUT2D eigenvalue weighted by Gasteiger charge is 2.29. The predicted molar refractivity (Wildman–Crippen MR) is 109 cm³/mol. The lowest BCUT2D eigenvalue weighted by Crippen LogP contribution is -2.46. The summed E-state index contributed by atoms with van der Waals surface area (Å²) < 4.78 is 16.1. The number of aromatic nitrogens is 1. The summed E-state index contributed by atoms with van der Waals surface area (Å²) in [5, 5.41) is 4.39. The van der Waals surface area contributed by atoms with Gasteiger partial charge in [-0.2, -0.15) is 0 Å². The number of carbonyl (C=O) groups excluding carboxylic acids is 1. The van der Waals surface area contributed by atoms with Crippen molar-refractivity contribution in [3.05, 3.63) is 40.7 Å². The van der Waals surface area contributed by atoms with Gasteiger partial charge in [0.2, 0.25) is 0 Å². The van der Waals surface area contributed by atoms with Gasteiger partial charge in [-0.15, -0.1) is 0 Å². The van der Waals surface area contributed by atoms with Crippen LogP contribution in [0.1, 0.15) is 41.9 Å². The molecule has 2 aromatic rings. The van der Waals surface area contributed by atoms with Crippen LogP contribution in [0.4, 0.5) is 0 Å². The molecule has 3 heterocycles. The van der Waals surface area contributed by atoms with Gasteiger partial charge in [0.15, 0.2) is 11.5 Å². The molecule has 0 bridgehead atoms. The number of nitrogens with zero attached hydrogens (tertiary/aromatic N) is 3. The standard InChI is InChI=1S/C21H26ClN3O4/c1-27-16-4-5-20(18(22)12-16)28-14-17-13-19(23-29-17)21(26)25-10-6-15(7-11-25)24-8-2-3-9-24/h4-5,12-13,15H,2-3,6-11,14H2,1H3. The van der Waals surface area contributed by atoms with E-state index in [4.69, 9.17) is 25.6 Å². The Morgan fingerprint density at radius 2 is 1.97 bits per heavy atom. The number of amides is 1. The number of hydrogen-bond acceptors (Lipinski definition) is 6. The van der Waals surface area contributed by atoms with Crippen LogP contribution in [0, 0.1) is 0 Å². The van der Waals surface area contributed by atoms with Crippen molar-refractivity contribution in [1.82, 2.24) is 15.0 Å². The summed E-state index contributed by atoms with van der Waals surface area (Å²) in [7, 11) is 1.58. The molecule has 0 atom stereocenters. The van der Waals surface area contributed by atoms with Gasteiger partial charge in [0.05, 0.1) is 12.1 Å². The Kier molecular flexibility index (Phi) is 6.25. The smallest absolute Gasteiger partial charge is 0.276 e. The van der Waals surface area contributed by atoms with Crippen molar-refractivity contribution in [2.75, 3.05) is 33.3 Å². The summed E-state index contributed by atoms with van der Waals surface area (Å²) in [6.07, 6.45) is 4.64. The van der Waals surface area contributed by atoms with Crippen LogP contribution in [0.5, 0.6) is 11.5 Å². The van der Waals surface area contributed by atoms with Gasteiger partial charge in [-0.25, -0.2) is 0 Å². The Hall–Kier alpha value is -2.25. The Balaban J connectivity index is 1.30. The zero-order valence-electron chi connectivity index (χ0n) is 16.6. The van der Waals surface area contributed by atoms with Crippen LogP contribution < -0.4 is 9.47 Å². The molecule has 2 fully saturated rings. The fraction of sp³-hybridized carbons (Fsp3) is 0.524. The minimum atomic E-state index is -0.0812. The van der Waals surface area contributed by atoms with E-state index in [1.54, 1.807) is 31.4 Å². The van der Waals surface area contributed by atoms with Gasteiger partial charge in [-0.3, -0.25) is 4.79 Å². The third kappa shape index (κ3) is 4.67. The van der Waals surface area contributed by atoms with Crippen molar-refractivity contribution in [3.63, 3.8) is 0 Å². The van der Waals surface area contributed by atoms with E-state index in [0.717, 1.165) is 25.9 Å². The quantitative estimate of drug-likeness (QED) is 0.712. The second-order valence-electron chi connectivity index (χ2n) is 7.53. The molecule has 1 amide bonds. The minimum Gasteiger partial charge on any atom is -0.497 e. The lowest BCUT2D eigenvalue weighted by molar-refractivity contribution is 0.0634. The lowest BCUT2D eigenvalue weighted by Gasteiger charge is -2.36. The molecular formula is C21H26ClN3O4. The van der Waals surface area contributed by atoms with E-state index >= 15 is 0 Å². The van der Waals surface area contributed by atoms with Gasteiger partial charge >= 0.3 is 0 Å². The molecular weight excluding hydrogens is 394 g/mol. The molecule has 0 spiro atoms. The zero-order chi connectivity index (χ0) is 20.2. The van der Waals surface area contributed by atoms with E-state index in [9.17, 15) is 4.79 Å². The van der Waals surface area contributed by atoms with Crippen LogP contribution in [-0.2, 0) is 6.61 Å². The van der Waals surface area contributed by atoms with E-state index < -0.39 is 0 Å². The maximum atomic E-state index is 12.8. The summed E-state index contributed by atoms with van der Waals surface area (Å²) in [5.41, 5.74) is 0.323. The average Bonchev–Trinajstić information content (AvgIpc) is 3.45. The molecule has 4 rings (SSSR count). The van der Waals surface area contributed by atoms with Gasteiger partial charge in [-0.1, -0.05) is 16.8 Å². The predicted octanol–water partition coefficient (Wildman–Crippen LogP) is 3.62. The van der Waals surface area contributed by atoms with Crippen LogP contribution in [0.3, 0.4) is 0 Å². The van der Waals surface area contributed by atoms with Gasteiger partial charge in [-0.05, 0) is 50.9 Å². The summed E-state index contributed by atoms with van der Waals surface area (Å²) in [6.45, 7) is 4.07. The first-order valence-corrected chi connectivity index (χ1v) is 10.5. The third-order valence-electron chi connectivity index (χ3n) is 5.70. The number of benzene rings is 1. The second-order valence-corrected chi connectivity index (χ2v) is 7.94. The maximum Gasteiger partial charge on any atom is 0.276 e. The van der Waals surface area contributed by atoms with E-state index in [2.05, 4.69) is 10.1 Å². The molecule has 8 heteroatoms. The van der Waals surface area contributed by atoms with Crippen LogP contribution in [0.2, 0.25) is 5.02 Å². The van der Waals surface area contributed by atoms with Crippen molar-refractivity contribution in [2.45, 2.75) is 38.3 Å². The summed E-state index contributed by atoms with van der Waals surface area (Å²) in [4.78, 5) is 17.2. The number of likely N-dealkylation sites (tertiary alicyclic amines) is 2. The molecule has 2 saturated heterocycles. The highest BCUT2D eigenvalue weighted by Crippen LogP contribution is 2.29. The molecule has 1 aromatic carbocycles. The molecule has 0 aliphatic carbocycles. The molecule has 7 nitrogen and oxygen atoms in total. The van der Waals surface area contributed by atoms with E-state index in [1.807, 2.05) is 4.90 Å². The number of carbonyl (C=O) groups is 1. The van der Waals surface area contributed by atoms with Gasteiger partial charge in [0.1, 0.15) is 18.1 Å². The molecule has 0 N–H and O–H groups in total. The Bertz CT molecular complexity index is 842. The Labute approximate surface area is 175 Å². The molecule has 2 aliphatic rings. The molecule has 0 radical (unpaired) electrons. The fourth-order valence-corrected chi connectivity index (χ4v) is 4.28. The van der Waals surface area contributed by atoms with Crippen molar-refractivity contribution in [1.29, 1.82) is 0 Å². The van der Waals surface area contributed by atoms with Crippen molar-refractivity contribution in [2.24, 2.45) is 0 Å². The number of methoxy groups -OCH3 is 1. The molecule has 2 aliphatic heterocycles. The van der Waals surface area contributed by atoms with E-state index in [-0.39, 0.29) is 12.5 Å². The highest BCUT2D eigenvalue weighted by atomic mass is 35.5. The fourth-order valence-electron chi connectivity index (χ4n) is 4.06. The van der Waals surface area contributed by atoms with E-state index in [1.165, 1.54) is 25.9 Å². The average molecular weight is 420 g/mol. The van der Waals surface area contributed by atoms with Crippen LogP contribution in [0.15, 0.2) is 28.8 Å². The molecule has 1 aromatic heterocycles. The van der Waals surface area contributed by atoms with Gasteiger partial charge < -0.3 is 23.8 Å². The summed E-state index contributed by atoms with van der Waals surface area (Å²) >= 11 is 6.17. The Morgan fingerprint density at radius 3 is 2.66 bits per heavy atom. The lowest BCUT2D eigenvalue weighted by atomic mass is 10.0. The highest BCUT2D eigenvalue weighted by molar-refractivity contribution is 6.32. The Morgan fingerprint density at radius 1 is 1.21 bits per heavy atom. The summed E-state index contributed by atoms with van der Waals surface area (Å²) in [6, 6.07) is 7.43. The number of halogens is 1. The van der Waals surface area contributed by atoms with Crippen LogP contribution in [-0.4, -0.2) is 60.2 Å². The third-order valence-corrected chi connectivity index (χ3v) is 5.99. The number of ether oxygens (including phenoxy) is 2. The SMILES string of the molecule is COc1ccc(OCc2cc(C(=O)N3CCC(N4CCCC4)CC3)no2)c(Cl)c1. The van der Waals surface area contributed by atoms with Crippen molar-refractivity contribution >= 4 is 17.5 Å². The topological polar surface area (TPSA) is 68.0 Å². The molecule has 0 saturated carbocycles. The zero-order valence-corrected chi connectivity index (χ0v) is 17.4. The van der Waals surface area contributed by atoms with Crippen molar-refractivity contribution < 1.29 is 18.8 Å². The maximum absolute atomic E-state index is 12.8. The van der Waals surface area contributed by atoms with Crippen LogP contribution >= 0.6 is 11.6 Å². The largest absolute Gasteiger partial charge is 0.497 e. The number of rotatable bonds is 6. The number of piperidine rings is 1. The van der Waals surface area contributed by atoms with Crippen molar-refractivity contribution in [3.8, 4) is 11.5 Å². The molecule has 29 heavy (non-hydrogen) atoms. The first kappa shape index (κ1) is 20.0. The second kappa shape index (κ2) is 9.05. The first-order valence-electron chi connectivity index (χ1n) is 10.1. The first-order chi connectivity index (χ1) is 14.1. The van der Waals surface area contributed by atoms with Gasteiger partial charge in [0.25, 0.3) is 5.91 Å². The van der Waals surface area contributed by atoms with Crippen LogP contribution in [0.25, 0.3) is 0 Å². The molecule has 156 valence electrons.